The van der Waals surface area contributed by atoms with E-state index in [1.807, 2.05) is 0 Å². The molecule has 220 valence electrons. The van der Waals surface area contributed by atoms with Crippen molar-refractivity contribution in [2.24, 2.45) is 0 Å². The number of amides is 2. The van der Waals surface area contributed by atoms with Gasteiger partial charge in [-0.05, 0) is 57.0 Å². The van der Waals surface area contributed by atoms with E-state index < -0.39 is 40.5 Å². The minimum atomic E-state index is -4.53. The predicted octanol–water partition coefficient (Wildman–Crippen LogP) is 5.79. The maximum absolute atomic E-state index is 13.2. The minimum absolute atomic E-state index is 0.0446. The molecule has 0 radical (unpaired) electrons. The van der Waals surface area contributed by atoms with Gasteiger partial charge in [-0.15, -0.1) is 10.2 Å². The molecular formula is C25H27F3N6O6S. The van der Waals surface area contributed by atoms with E-state index in [0.717, 1.165) is 28.4 Å². The van der Waals surface area contributed by atoms with Gasteiger partial charge in [0.1, 0.15) is 16.3 Å². The summed E-state index contributed by atoms with van der Waals surface area (Å²) in [5.41, 5.74) is -0.834. The van der Waals surface area contributed by atoms with Gasteiger partial charge in [0.2, 0.25) is 5.13 Å². The Bertz CT molecular complexity index is 1410. The van der Waals surface area contributed by atoms with Gasteiger partial charge in [-0.2, -0.15) is 13.2 Å². The third-order valence-electron chi connectivity index (χ3n) is 5.46. The molecule has 3 aromatic rings. The van der Waals surface area contributed by atoms with Crippen molar-refractivity contribution >= 4 is 40.0 Å². The van der Waals surface area contributed by atoms with Crippen LogP contribution in [0.4, 0.5) is 39.3 Å². The molecule has 1 aromatic heterocycles. The van der Waals surface area contributed by atoms with Crippen LogP contribution in [0.3, 0.4) is 0 Å². The molecule has 0 fully saturated rings. The van der Waals surface area contributed by atoms with Crippen LogP contribution in [0.2, 0.25) is 0 Å². The number of anilines is 2. The fraction of sp³-hybridized carbons (Fsp3) is 0.360. The smallest absolute Gasteiger partial charge is 0.416 e. The Morgan fingerprint density at radius 1 is 1.15 bits per heavy atom. The molecule has 1 heterocycles. The number of aromatic nitrogens is 2. The topological polar surface area (TPSA) is 160 Å². The van der Waals surface area contributed by atoms with E-state index >= 15 is 0 Å². The molecule has 3 rings (SSSR count). The average Bonchev–Trinajstić information content (AvgIpc) is 3.35. The second-order valence-corrected chi connectivity index (χ2v) is 10.7. The van der Waals surface area contributed by atoms with E-state index in [2.05, 4.69) is 20.8 Å². The summed E-state index contributed by atoms with van der Waals surface area (Å²) < 4.78 is 44.4. The fourth-order valence-corrected chi connectivity index (χ4v) is 4.53. The highest BCUT2D eigenvalue weighted by molar-refractivity contribution is 7.18. The maximum atomic E-state index is 13.2. The van der Waals surface area contributed by atoms with Crippen LogP contribution in [0, 0.1) is 10.1 Å². The van der Waals surface area contributed by atoms with Crippen molar-refractivity contribution in [3.8, 4) is 10.6 Å². The van der Waals surface area contributed by atoms with Gasteiger partial charge < -0.3 is 20.5 Å². The second kappa shape index (κ2) is 12.4. The number of hydrogen-bond donors (Lipinski definition) is 3. The number of halogens is 3. The Morgan fingerprint density at radius 2 is 1.80 bits per heavy atom. The number of carbonyl (C=O) groups is 2. The lowest BCUT2D eigenvalue weighted by molar-refractivity contribution is -0.383. The molecule has 16 heteroatoms. The zero-order valence-corrected chi connectivity index (χ0v) is 23.2. The molecule has 41 heavy (non-hydrogen) atoms. The Labute approximate surface area is 236 Å². The van der Waals surface area contributed by atoms with Gasteiger partial charge in [-0.3, -0.25) is 10.1 Å². The number of nitro groups is 1. The van der Waals surface area contributed by atoms with Crippen molar-refractivity contribution in [3.05, 3.63) is 63.7 Å². The molecule has 0 bridgehead atoms. The highest BCUT2D eigenvalue weighted by Crippen LogP contribution is 2.34. The molecule has 0 saturated heterocycles. The average molecular weight is 597 g/mol. The number of nitro benzene ring substituents is 1. The minimum Gasteiger partial charge on any atom is -0.465 e. The Morgan fingerprint density at radius 3 is 2.34 bits per heavy atom. The lowest BCUT2D eigenvalue weighted by Gasteiger charge is -2.28. The number of nitrogens with zero attached hydrogens (tertiary/aromatic N) is 4. The number of hydrogen-bond acceptors (Lipinski definition) is 9. The van der Waals surface area contributed by atoms with Gasteiger partial charge in [0.15, 0.2) is 0 Å². The van der Waals surface area contributed by atoms with Crippen LogP contribution < -0.4 is 15.5 Å². The molecule has 2 aromatic carbocycles. The first-order chi connectivity index (χ1) is 19.1. The molecule has 0 aliphatic carbocycles. The van der Waals surface area contributed by atoms with Crippen molar-refractivity contribution in [1.29, 1.82) is 0 Å². The number of benzene rings is 2. The van der Waals surface area contributed by atoms with Gasteiger partial charge in [0.05, 0.1) is 23.1 Å². The number of nitrogens with one attached hydrogen (secondary N) is 2. The highest BCUT2D eigenvalue weighted by Gasteiger charge is 2.32. The summed E-state index contributed by atoms with van der Waals surface area (Å²) in [7, 11) is 1.52. The number of carboxylic acid groups (broad SMARTS) is 1. The predicted molar refractivity (Wildman–Crippen MR) is 145 cm³/mol. The summed E-state index contributed by atoms with van der Waals surface area (Å²) in [4.78, 5) is 36.6. The van der Waals surface area contributed by atoms with Gasteiger partial charge in [-0.25, -0.2) is 14.5 Å². The summed E-state index contributed by atoms with van der Waals surface area (Å²) in [5, 5.41) is 34.2. The summed E-state index contributed by atoms with van der Waals surface area (Å²) >= 11 is 0.959. The van der Waals surface area contributed by atoms with E-state index in [4.69, 9.17) is 4.74 Å². The van der Waals surface area contributed by atoms with E-state index in [0.29, 0.717) is 16.1 Å². The quantitative estimate of drug-likeness (QED) is 0.205. The Hall–Kier alpha value is -4.47. The summed E-state index contributed by atoms with van der Waals surface area (Å²) in [6, 6.07) is 7.53. The maximum Gasteiger partial charge on any atom is 0.416 e. The van der Waals surface area contributed by atoms with Crippen molar-refractivity contribution in [2.45, 2.75) is 45.0 Å². The van der Waals surface area contributed by atoms with E-state index in [1.165, 1.54) is 37.4 Å². The van der Waals surface area contributed by atoms with E-state index in [-0.39, 0.29) is 29.5 Å². The fourth-order valence-electron chi connectivity index (χ4n) is 3.69. The lowest BCUT2D eigenvalue weighted by Crippen LogP contribution is -2.48. The van der Waals surface area contributed by atoms with E-state index in [9.17, 15) is 38.0 Å². The molecule has 0 spiro atoms. The first kappa shape index (κ1) is 31.1. The monoisotopic (exact) mass is 596 g/mol. The Balaban J connectivity index is 1.95. The molecule has 1 atom stereocenters. The van der Waals surface area contributed by atoms with Gasteiger partial charge >= 0.3 is 18.4 Å². The van der Waals surface area contributed by atoms with Crippen LogP contribution in [0.1, 0.15) is 31.9 Å². The van der Waals surface area contributed by atoms with Crippen molar-refractivity contribution in [2.75, 3.05) is 23.8 Å². The van der Waals surface area contributed by atoms with Crippen LogP contribution in [0.15, 0.2) is 42.5 Å². The first-order valence-corrected chi connectivity index (χ1v) is 12.8. The normalized spacial score (nSPS) is 12.4. The van der Waals surface area contributed by atoms with E-state index in [1.54, 1.807) is 20.8 Å². The molecule has 0 unspecified atom stereocenters. The lowest BCUT2D eigenvalue weighted by atomic mass is 10.0. The number of ether oxygens (including phenoxy) is 1. The van der Waals surface area contributed by atoms with Crippen molar-refractivity contribution in [3.63, 3.8) is 0 Å². The number of carbonyl (C=O) groups excluding carboxylic acids is 1. The highest BCUT2D eigenvalue weighted by atomic mass is 32.1. The number of alkyl halides is 3. The Kier molecular flexibility index (Phi) is 9.37. The summed E-state index contributed by atoms with van der Waals surface area (Å²) in [6.07, 6.45) is -6.85. The van der Waals surface area contributed by atoms with Crippen LogP contribution in [-0.4, -0.2) is 57.6 Å². The molecule has 0 aliphatic rings. The summed E-state index contributed by atoms with van der Waals surface area (Å²) in [6.45, 7) is 4.62. The second-order valence-electron chi connectivity index (χ2n) is 9.76. The SMILES string of the molecule is CNc1cc(-c2nnc(N(C[C@H](Cc3ccc(C(F)(F)F)cc3)NC(=O)O)C(=O)OC(C)(C)C)s2)ccc1[N+](=O)[O-]. The van der Waals surface area contributed by atoms with Gasteiger partial charge in [0.25, 0.3) is 5.69 Å². The molecular weight excluding hydrogens is 569 g/mol. The standard InChI is InChI=1S/C25H27F3N6O6S/c1-24(2,3)40-23(37)33(13-17(30-22(35)36)11-14-5-8-16(9-6-14)25(26,27)28)21-32-31-20(41-21)15-7-10-19(34(38)39)18(12-15)29-4/h5-10,12,17,29-30H,11,13H2,1-4H3,(H,35,36)/t17-/m0/s1. The van der Waals surface area contributed by atoms with Crippen LogP contribution in [0.5, 0.6) is 0 Å². The number of rotatable bonds is 9. The summed E-state index contributed by atoms with van der Waals surface area (Å²) in [5.74, 6) is 0. The molecule has 3 N–H and O–H groups in total. The van der Waals surface area contributed by atoms with Gasteiger partial charge in [-0.1, -0.05) is 23.5 Å². The van der Waals surface area contributed by atoms with Crippen molar-refractivity contribution < 1.29 is 37.5 Å². The zero-order chi connectivity index (χ0) is 30.5. The van der Waals surface area contributed by atoms with Crippen LogP contribution in [-0.2, 0) is 17.3 Å². The largest absolute Gasteiger partial charge is 0.465 e. The molecule has 0 aliphatic heterocycles. The molecule has 2 amide bonds. The zero-order valence-electron chi connectivity index (χ0n) is 22.4. The van der Waals surface area contributed by atoms with Gasteiger partial charge in [0, 0.05) is 18.7 Å². The van der Waals surface area contributed by atoms with Crippen molar-refractivity contribution in [1.82, 2.24) is 15.5 Å². The molecule has 12 nitrogen and oxygen atoms in total. The first-order valence-electron chi connectivity index (χ1n) is 12.0. The third-order valence-corrected chi connectivity index (χ3v) is 6.46. The van der Waals surface area contributed by atoms with Crippen LogP contribution >= 0.6 is 11.3 Å². The molecule has 0 saturated carbocycles. The third kappa shape index (κ3) is 8.51. The van der Waals surface area contributed by atoms with Crippen LogP contribution in [0.25, 0.3) is 10.6 Å².